The monoisotopic (exact) mass is 230 g/mol. The van der Waals surface area contributed by atoms with Crippen LogP contribution in [0.15, 0.2) is 24.3 Å². The minimum Gasteiger partial charge on any atom is -0.293 e. The highest BCUT2D eigenvalue weighted by atomic mass is 32.1. The van der Waals surface area contributed by atoms with Crippen LogP contribution in [0.2, 0.25) is 0 Å². The van der Waals surface area contributed by atoms with Crippen molar-refractivity contribution in [2.45, 2.75) is 26.2 Å². The van der Waals surface area contributed by atoms with Crippen LogP contribution in [0.5, 0.6) is 0 Å². The lowest BCUT2D eigenvalue weighted by molar-refractivity contribution is 0.0971. The van der Waals surface area contributed by atoms with Crippen molar-refractivity contribution < 1.29 is 4.79 Å². The Morgan fingerprint density at radius 2 is 2.12 bits per heavy atom. The van der Waals surface area contributed by atoms with E-state index in [1.165, 1.54) is 15.6 Å². The number of carbonyl (C=O) groups is 1. The van der Waals surface area contributed by atoms with Gasteiger partial charge in [-0.25, -0.2) is 0 Å². The predicted octanol–water partition coefficient (Wildman–Crippen LogP) is 4.06. The van der Waals surface area contributed by atoms with E-state index in [1.807, 2.05) is 6.07 Å². The van der Waals surface area contributed by atoms with Crippen molar-refractivity contribution in [1.82, 2.24) is 0 Å². The van der Waals surface area contributed by atoms with Crippen molar-refractivity contribution in [2.75, 3.05) is 0 Å². The number of Topliss-reactive ketones (excluding diaryl/α,β-unsaturated/α-hetero) is 1. The number of ketones is 1. The lowest BCUT2D eigenvalue weighted by atomic mass is 10.0. The standard InChI is InChI=1S/C14H14OS/c1-9-6-7-11-10-4-2-3-5-13(10)16-14(11)12(15)8-9/h2-5,9H,6-8H2,1H3. The molecule has 1 atom stereocenters. The lowest BCUT2D eigenvalue weighted by Gasteiger charge is -2.03. The number of hydrogen-bond acceptors (Lipinski definition) is 2. The summed E-state index contributed by atoms with van der Waals surface area (Å²) >= 11 is 1.67. The third-order valence-electron chi connectivity index (χ3n) is 3.37. The number of carbonyl (C=O) groups excluding carboxylic acids is 1. The molecule has 2 heteroatoms. The number of rotatable bonds is 0. The molecule has 1 aliphatic carbocycles. The van der Waals surface area contributed by atoms with Gasteiger partial charge in [0.1, 0.15) is 0 Å². The Kier molecular flexibility index (Phi) is 2.32. The Labute approximate surface area is 99.1 Å². The molecule has 3 rings (SSSR count). The molecule has 0 aliphatic heterocycles. The fourth-order valence-electron chi connectivity index (χ4n) is 2.47. The number of benzene rings is 1. The molecule has 1 nitrogen and oxygen atoms in total. The van der Waals surface area contributed by atoms with Crippen molar-refractivity contribution in [2.24, 2.45) is 5.92 Å². The van der Waals surface area contributed by atoms with Gasteiger partial charge in [-0.2, -0.15) is 0 Å². The summed E-state index contributed by atoms with van der Waals surface area (Å²) in [7, 11) is 0. The molecule has 1 unspecified atom stereocenters. The fourth-order valence-corrected chi connectivity index (χ4v) is 3.67. The highest BCUT2D eigenvalue weighted by Crippen LogP contribution is 2.36. The molecule has 0 amide bonds. The van der Waals surface area contributed by atoms with Gasteiger partial charge in [0.2, 0.25) is 0 Å². The highest BCUT2D eigenvalue weighted by Gasteiger charge is 2.23. The Hall–Kier alpha value is -1.15. The van der Waals surface area contributed by atoms with Gasteiger partial charge in [-0.15, -0.1) is 11.3 Å². The minimum atomic E-state index is 0.348. The Bertz CT molecular complexity index is 553. The van der Waals surface area contributed by atoms with Crippen LogP contribution in [-0.4, -0.2) is 5.78 Å². The predicted molar refractivity (Wildman–Crippen MR) is 68.3 cm³/mol. The van der Waals surface area contributed by atoms with E-state index in [2.05, 4.69) is 25.1 Å². The minimum absolute atomic E-state index is 0.348. The van der Waals surface area contributed by atoms with E-state index in [0.717, 1.165) is 24.1 Å². The van der Waals surface area contributed by atoms with Crippen LogP contribution in [-0.2, 0) is 6.42 Å². The van der Waals surface area contributed by atoms with Crippen molar-refractivity contribution in [3.05, 3.63) is 34.7 Å². The summed E-state index contributed by atoms with van der Waals surface area (Å²) in [5.41, 5.74) is 1.30. The maximum absolute atomic E-state index is 12.1. The average molecular weight is 230 g/mol. The second-order valence-electron chi connectivity index (χ2n) is 4.68. The van der Waals surface area contributed by atoms with E-state index < -0.39 is 0 Å². The fraction of sp³-hybridized carbons (Fsp3) is 0.357. The van der Waals surface area contributed by atoms with Crippen LogP contribution >= 0.6 is 11.3 Å². The van der Waals surface area contributed by atoms with Gasteiger partial charge < -0.3 is 0 Å². The second-order valence-corrected chi connectivity index (χ2v) is 5.73. The van der Waals surface area contributed by atoms with Gasteiger partial charge in [0.05, 0.1) is 4.88 Å². The molecule has 0 N–H and O–H groups in total. The topological polar surface area (TPSA) is 17.1 Å². The normalized spacial score (nSPS) is 20.8. The maximum atomic E-state index is 12.1. The molecule has 1 aliphatic rings. The number of thiophene rings is 1. The molecule has 2 aromatic rings. The van der Waals surface area contributed by atoms with Crippen molar-refractivity contribution >= 4 is 27.2 Å². The van der Waals surface area contributed by atoms with Crippen LogP contribution in [0.25, 0.3) is 10.1 Å². The Balaban J connectivity index is 2.23. The summed E-state index contributed by atoms with van der Waals surface area (Å²) in [6, 6.07) is 8.37. The molecule has 82 valence electrons. The van der Waals surface area contributed by atoms with Gasteiger partial charge in [0.25, 0.3) is 0 Å². The molecule has 0 radical (unpaired) electrons. The summed E-state index contributed by atoms with van der Waals surface area (Å²) in [6.45, 7) is 2.18. The van der Waals surface area contributed by atoms with E-state index in [-0.39, 0.29) is 0 Å². The molecular formula is C14H14OS. The number of fused-ring (bicyclic) bond motifs is 3. The van der Waals surface area contributed by atoms with Crippen LogP contribution < -0.4 is 0 Å². The third kappa shape index (κ3) is 1.49. The largest absolute Gasteiger partial charge is 0.293 e. The zero-order chi connectivity index (χ0) is 11.1. The molecule has 0 bridgehead atoms. The van der Waals surface area contributed by atoms with Gasteiger partial charge in [-0.3, -0.25) is 4.79 Å². The third-order valence-corrected chi connectivity index (χ3v) is 4.63. The van der Waals surface area contributed by atoms with Gasteiger partial charge in [0, 0.05) is 11.1 Å². The zero-order valence-corrected chi connectivity index (χ0v) is 10.1. The molecule has 1 aromatic heterocycles. The quantitative estimate of drug-likeness (QED) is 0.624. The summed E-state index contributed by atoms with van der Waals surface area (Å²) in [5, 5.41) is 1.30. The highest BCUT2D eigenvalue weighted by molar-refractivity contribution is 7.21. The summed E-state index contributed by atoms with van der Waals surface area (Å²) in [5.74, 6) is 0.882. The average Bonchev–Trinajstić information content (AvgIpc) is 2.58. The molecule has 0 spiro atoms. The lowest BCUT2D eigenvalue weighted by Crippen LogP contribution is -2.00. The maximum Gasteiger partial charge on any atom is 0.173 e. The van der Waals surface area contributed by atoms with Gasteiger partial charge in [-0.05, 0) is 35.8 Å². The van der Waals surface area contributed by atoms with Crippen LogP contribution in [0, 0.1) is 5.92 Å². The molecule has 16 heavy (non-hydrogen) atoms. The van der Waals surface area contributed by atoms with E-state index in [4.69, 9.17) is 0 Å². The van der Waals surface area contributed by atoms with Crippen LogP contribution in [0.3, 0.4) is 0 Å². The first-order chi connectivity index (χ1) is 7.75. The van der Waals surface area contributed by atoms with Gasteiger partial charge in [-0.1, -0.05) is 25.1 Å². The van der Waals surface area contributed by atoms with Crippen molar-refractivity contribution in [1.29, 1.82) is 0 Å². The Morgan fingerprint density at radius 1 is 1.31 bits per heavy atom. The van der Waals surface area contributed by atoms with E-state index >= 15 is 0 Å². The summed E-state index contributed by atoms with van der Waals surface area (Å²) < 4.78 is 1.26. The van der Waals surface area contributed by atoms with Crippen molar-refractivity contribution in [3.8, 4) is 0 Å². The number of aryl methyl sites for hydroxylation is 1. The van der Waals surface area contributed by atoms with Gasteiger partial charge >= 0.3 is 0 Å². The second kappa shape index (κ2) is 3.70. The summed E-state index contributed by atoms with van der Waals surface area (Å²) in [6.07, 6.45) is 2.92. The Morgan fingerprint density at radius 3 is 3.00 bits per heavy atom. The first kappa shape index (κ1) is 10.0. The van der Waals surface area contributed by atoms with Crippen LogP contribution in [0.1, 0.15) is 35.0 Å². The van der Waals surface area contributed by atoms with E-state index in [1.54, 1.807) is 11.3 Å². The molecule has 0 saturated heterocycles. The summed E-state index contributed by atoms with van der Waals surface area (Å²) in [4.78, 5) is 13.1. The molecule has 1 heterocycles. The van der Waals surface area contributed by atoms with Crippen LogP contribution in [0.4, 0.5) is 0 Å². The number of hydrogen-bond donors (Lipinski definition) is 0. The molecule has 0 fully saturated rings. The van der Waals surface area contributed by atoms with E-state index in [9.17, 15) is 4.79 Å². The first-order valence-corrected chi connectivity index (χ1v) is 6.61. The smallest absolute Gasteiger partial charge is 0.173 e. The van der Waals surface area contributed by atoms with E-state index in [0.29, 0.717) is 11.7 Å². The van der Waals surface area contributed by atoms with Gasteiger partial charge in [0.15, 0.2) is 5.78 Å². The zero-order valence-electron chi connectivity index (χ0n) is 9.32. The van der Waals surface area contributed by atoms with Crippen molar-refractivity contribution in [3.63, 3.8) is 0 Å². The first-order valence-electron chi connectivity index (χ1n) is 5.79. The molecule has 1 aromatic carbocycles. The molecule has 0 saturated carbocycles. The molecular weight excluding hydrogens is 216 g/mol. The SMILES string of the molecule is CC1CCc2c(sc3ccccc23)C(=O)C1.